The largest absolute Gasteiger partial charge is 0.327 e. The molecule has 1 heterocycles. The van der Waals surface area contributed by atoms with Crippen molar-refractivity contribution in [2.45, 2.75) is 6.17 Å². The molecular formula is C6H10FN3. The van der Waals surface area contributed by atoms with E-state index in [4.69, 9.17) is 5.73 Å². The van der Waals surface area contributed by atoms with E-state index in [-0.39, 0.29) is 6.54 Å². The highest BCUT2D eigenvalue weighted by atomic mass is 19.1. The van der Waals surface area contributed by atoms with Crippen LogP contribution in [0.25, 0.3) is 0 Å². The van der Waals surface area contributed by atoms with Gasteiger partial charge in [0.25, 0.3) is 0 Å². The number of alkyl halides is 1. The molecule has 0 fully saturated rings. The van der Waals surface area contributed by atoms with Crippen LogP contribution in [-0.4, -0.2) is 16.3 Å². The first-order valence-electron chi connectivity index (χ1n) is 3.07. The van der Waals surface area contributed by atoms with E-state index in [1.807, 2.05) is 0 Å². The molecule has 0 bridgehead atoms. The molecule has 0 saturated heterocycles. The van der Waals surface area contributed by atoms with Crippen molar-refractivity contribution in [2.75, 3.05) is 6.54 Å². The molecule has 0 aromatic carbocycles. The monoisotopic (exact) mass is 143 g/mol. The molecule has 1 unspecified atom stereocenters. The highest BCUT2D eigenvalue weighted by Gasteiger charge is 2.09. The van der Waals surface area contributed by atoms with E-state index in [1.54, 1.807) is 19.3 Å². The zero-order valence-electron chi connectivity index (χ0n) is 5.79. The lowest BCUT2D eigenvalue weighted by Crippen LogP contribution is -2.11. The first-order chi connectivity index (χ1) is 4.75. The van der Waals surface area contributed by atoms with Crippen LogP contribution in [0.2, 0.25) is 0 Å². The Morgan fingerprint density at radius 3 is 3.00 bits per heavy atom. The van der Waals surface area contributed by atoms with Gasteiger partial charge in [0.2, 0.25) is 0 Å². The van der Waals surface area contributed by atoms with Gasteiger partial charge in [0.05, 0.1) is 5.69 Å². The maximum Gasteiger partial charge on any atom is 0.154 e. The summed E-state index contributed by atoms with van der Waals surface area (Å²) in [4.78, 5) is 0. The van der Waals surface area contributed by atoms with Crippen LogP contribution < -0.4 is 5.73 Å². The Morgan fingerprint density at radius 2 is 2.60 bits per heavy atom. The molecule has 0 radical (unpaired) electrons. The third-order valence-corrected chi connectivity index (χ3v) is 1.39. The Bertz CT molecular complexity index is 209. The zero-order chi connectivity index (χ0) is 7.56. The van der Waals surface area contributed by atoms with Crippen molar-refractivity contribution in [1.82, 2.24) is 9.78 Å². The molecule has 0 spiro atoms. The Morgan fingerprint density at radius 1 is 1.90 bits per heavy atom. The quantitative estimate of drug-likeness (QED) is 0.650. The van der Waals surface area contributed by atoms with Crippen LogP contribution in [0.5, 0.6) is 0 Å². The Labute approximate surface area is 58.6 Å². The van der Waals surface area contributed by atoms with Gasteiger partial charge in [-0.05, 0) is 6.07 Å². The van der Waals surface area contributed by atoms with Crippen molar-refractivity contribution in [3.05, 3.63) is 18.0 Å². The number of nitrogens with zero attached hydrogens (tertiary/aromatic N) is 2. The molecule has 2 N–H and O–H groups in total. The summed E-state index contributed by atoms with van der Waals surface area (Å²) in [7, 11) is 1.69. The highest BCUT2D eigenvalue weighted by molar-refractivity contribution is 5.04. The number of aryl methyl sites for hydroxylation is 1. The maximum absolute atomic E-state index is 12.8. The van der Waals surface area contributed by atoms with Gasteiger partial charge < -0.3 is 5.73 Å². The number of hydrogen-bond acceptors (Lipinski definition) is 2. The minimum Gasteiger partial charge on any atom is -0.327 e. The van der Waals surface area contributed by atoms with Gasteiger partial charge in [-0.15, -0.1) is 0 Å². The van der Waals surface area contributed by atoms with E-state index in [0.29, 0.717) is 5.69 Å². The fourth-order valence-corrected chi connectivity index (χ4v) is 0.812. The van der Waals surface area contributed by atoms with E-state index in [9.17, 15) is 4.39 Å². The fourth-order valence-electron chi connectivity index (χ4n) is 0.812. The van der Waals surface area contributed by atoms with Gasteiger partial charge in [-0.1, -0.05) is 0 Å². The number of rotatable bonds is 2. The number of halogens is 1. The Balaban J connectivity index is 2.82. The molecule has 0 aliphatic rings. The topological polar surface area (TPSA) is 43.8 Å². The van der Waals surface area contributed by atoms with Gasteiger partial charge in [0, 0.05) is 19.8 Å². The van der Waals surface area contributed by atoms with E-state index in [2.05, 4.69) is 5.10 Å². The molecule has 0 aliphatic carbocycles. The molecule has 0 saturated carbocycles. The minimum absolute atomic E-state index is 0.0134. The molecule has 1 aromatic rings. The van der Waals surface area contributed by atoms with Crippen LogP contribution in [0.3, 0.4) is 0 Å². The van der Waals surface area contributed by atoms with Crippen molar-refractivity contribution in [2.24, 2.45) is 12.8 Å². The average Bonchev–Trinajstić information content (AvgIpc) is 2.34. The predicted molar refractivity (Wildman–Crippen MR) is 36.1 cm³/mol. The smallest absolute Gasteiger partial charge is 0.154 e. The molecule has 1 atom stereocenters. The molecule has 10 heavy (non-hydrogen) atoms. The van der Waals surface area contributed by atoms with Crippen LogP contribution in [0.1, 0.15) is 11.9 Å². The van der Waals surface area contributed by atoms with Crippen molar-refractivity contribution in [1.29, 1.82) is 0 Å². The van der Waals surface area contributed by atoms with Crippen molar-refractivity contribution in [3.8, 4) is 0 Å². The Hall–Kier alpha value is -0.900. The SMILES string of the molecule is Cn1nccc1C(F)CN. The third-order valence-electron chi connectivity index (χ3n) is 1.39. The predicted octanol–water partition coefficient (Wildman–Crippen LogP) is 0.389. The van der Waals surface area contributed by atoms with Crippen molar-refractivity contribution in [3.63, 3.8) is 0 Å². The van der Waals surface area contributed by atoms with E-state index in [0.717, 1.165) is 0 Å². The minimum atomic E-state index is -1.09. The number of nitrogens with two attached hydrogens (primary N) is 1. The zero-order valence-corrected chi connectivity index (χ0v) is 5.79. The number of hydrogen-bond donors (Lipinski definition) is 1. The van der Waals surface area contributed by atoms with Gasteiger partial charge in [-0.2, -0.15) is 5.10 Å². The summed E-state index contributed by atoms with van der Waals surface area (Å²) in [5.41, 5.74) is 5.65. The van der Waals surface area contributed by atoms with Crippen LogP contribution in [0, 0.1) is 0 Å². The lowest BCUT2D eigenvalue weighted by molar-refractivity contribution is 0.334. The molecule has 0 amide bonds. The van der Waals surface area contributed by atoms with E-state index >= 15 is 0 Å². The molecule has 0 aliphatic heterocycles. The summed E-state index contributed by atoms with van der Waals surface area (Å²) >= 11 is 0. The van der Waals surface area contributed by atoms with Gasteiger partial charge in [-0.25, -0.2) is 4.39 Å². The lowest BCUT2D eigenvalue weighted by atomic mass is 10.3. The average molecular weight is 143 g/mol. The van der Waals surface area contributed by atoms with E-state index < -0.39 is 6.17 Å². The number of aromatic nitrogens is 2. The second-order valence-corrected chi connectivity index (χ2v) is 2.08. The van der Waals surface area contributed by atoms with E-state index in [1.165, 1.54) is 4.68 Å². The molecule has 56 valence electrons. The third kappa shape index (κ3) is 1.16. The summed E-state index contributed by atoms with van der Waals surface area (Å²) in [6.07, 6.45) is 0.463. The standard InChI is InChI=1S/C6H10FN3/c1-10-6(2-3-9-10)5(7)4-8/h2-3,5H,4,8H2,1H3. The molecule has 1 rings (SSSR count). The van der Waals surface area contributed by atoms with Gasteiger partial charge in [0.1, 0.15) is 0 Å². The first kappa shape index (κ1) is 7.21. The van der Waals surface area contributed by atoms with Gasteiger partial charge >= 0.3 is 0 Å². The second kappa shape index (κ2) is 2.79. The van der Waals surface area contributed by atoms with Crippen LogP contribution in [0.15, 0.2) is 12.3 Å². The molecule has 4 heteroatoms. The summed E-state index contributed by atoms with van der Waals surface area (Å²) in [5, 5.41) is 3.81. The molecule has 1 aromatic heterocycles. The molecule has 3 nitrogen and oxygen atoms in total. The maximum atomic E-state index is 12.8. The summed E-state index contributed by atoms with van der Waals surface area (Å²) < 4.78 is 14.3. The Kier molecular flexibility index (Phi) is 2.01. The lowest BCUT2D eigenvalue weighted by Gasteiger charge is -2.03. The van der Waals surface area contributed by atoms with Gasteiger partial charge in [0.15, 0.2) is 6.17 Å². The van der Waals surface area contributed by atoms with Crippen LogP contribution >= 0.6 is 0 Å². The fraction of sp³-hybridized carbons (Fsp3) is 0.500. The van der Waals surface area contributed by atoms with Crippen molar-refractivity contribution >= 4 is 0 Å². The summed E-state index contributed by atoms with van der Waals surface area (Å²) in [5.74, 6) is 0. The van der Waals surface area contributed by atoms with Gasteiger partial charge in [-0.3, -0.25) is 4.68 Å². The summed E-state index contributed by atoms with van der Waals surface area (Å²) in [6, 6.07) is 1.62. The summed E-state index contributed by atoms with van der Waals surface area (Å²) in [6.45, 7) is 0.0134. The molecular weight excluding hydrogens is 133 g/mol. The van der Waals surface area contributed by atoms with Crippen LogP contribution in [-0.2, 0) is 7.05 Å². The first-order valence-corrected chi connectivity index (χ1v) is 3.07. The normalized spacial score (nSPS) is 13.5. The van der Waals surface area contributed by atoms with Crippen molar-refractivity contribution < 1.29 is 4.39 Å². The highest BCUT2D eigenvalue weighted by Crippen LogP contribution is 2.13. The second-order valence-electron chi connectivity index (χ2n) is 2.08. The van der Waals surface area contributed by atoms with Crippen LogP contribution in [0.4, 0.5) is 4.39 Å².